The first-order valence-electron chi connectivity index (χ1n) is 9.28. The topological polar surface area (TPSA) is 67.1 Å². The predicted molar refractivity (Wildman–Crippen MR) is 105 cm³/mol. The smallest absolute Gasteiger partial charge is 0.341 e. The third-order valence-corrected chi connectivity index (χ3v) is 4.96. The molecular formula is C21H27N3O3. The Labute approximate surface area is 160 Å². The van der Waals surface area contributed by atoms with Crippen LogP contribution in [0.25, 0.3) is 0 Å². The van der Waals surface area contributed by atoms with Crippen LogP contribution in [0, 0.1) is 12.8 Å². The fourth-order valence-corrected chi connectivity index (χ4v) is 3.58. The number of benzene rings is 1. The van der Waals surface area contributed by atoms with Gasteiger partial charge in [-0.1, -0.05) is 30.3 Å². The van der Waals surface area contributed by atoms with Gasteiger partial charge in [0.15, 0.2) is 5.96 Å². The van der Waals surface area contributed by atoms with E-state index in [-0.39, 0.29) is 5.97 Å². The zero-order valence-corrected chi connectivity index (χ0v) is 16.2. The summed E-state index contributed by atoms with van der Waals surface area (Å²) in [6.07, 6.45) is 2.25. The lowest BCUT2D eigenvalue weighted by Gasteiger charge is -2.21. The van der Waals surface area contributed by atoms with Crippen molar-refractivity contribution in [2.75, 3.05) is 27.2 Å². The Kier molecular flexibility index (Phi) is 6.16. The van der Waals surface area contributed by atoms with Crippen molar-refractivity contribution in [2.45, 2.75) is 26.3 Å². The van der Waals surface area contributed by atoms with E-state index in [9.17, 15) is 4.79 Å². The molecule has 0 aliphatic carbocycles. The summed E-state index contributed by atoms with van der Waals surface area (Å²) in [7, 11) is 3.16. The average molecular weight is 369 g/mol. The van der Waals surface area contributed by atoms with Crippen LogP contribution in [-0.2, 0) is 17.7 Å². The van der Waals surface area contributed by atoms with E-state index < -0.39 is 0 Å². The van der Waals surface area contributed by atoms with Crippen molar-refractivity contribution in [1.82, 2.24) is 10.2 Å². The molecule has 1 aromatic heterocycles. The first-order chi connectivity index (χ1) is 13.1. The number of hydrogen-bond acceptors (Lipinski definition) is 4. The summed E-state index contributed by atoms with van der Waals surface area (Å²) in [5.74, 6) is 2.36. The Morgan fingerprint density at radius 3 is 2.85 bits per heavy atom. The minimum atomic E-state index is -0.379. The van der Waals surface area contributed by atoms with Crippen molar-refractivity contribution < 1.29 is 13.9 Å². The number of methoxy groups -OCH3 is 1. The second kappa shape index (κ2) is 8.75. The van der Waals surface area contributed by atoms with Crippen LogP contribution in [0.2, 0.25) is 0 Å². The van der Waals surface area contributed by atoms with E-state index >= 15 is 0 Å². The molecule has 2 aromatic rings. The molecule has 2 heterocycles. The van der Waals surface area contributed by atoms with Gasteiger partial charge in [-0.2, -0.15) is 0 Å². The summed E-state index contributed by atoms with van der Waals surface area (Å²) in [6.45, 7) is 4.21. The number of ether oxygens (including phenoxy) is 1. The zero-order valence-electron chi connectivity index (χ0n) is 16.2. The molecule has 1 unspecified atom stereocenters. The first kappa shape index (κ1) is 19.0. The Morgan fingerprint density at radius 1 is 1.37 bits per heavy atom. The van der Waals surface area contributed by atoms with Gasteiger partial charge in [0.25, 0.3) is 0 Å². The molecule has 144 valence electrons. The quantitative estimate of drug-likeness (QED) is 0.499. The van der Waals surface area contributed by atoms with Crippen LogP contribution in [0.4, 0.5) is 0 Å². The molecule has 1 aromatic carbocycles. The molecule has 3 rings (SSSR count). The second-order valence-electron chi connectivity index (χ2n) is 6.87. The lowest BCUT2D eigenvalue weighted by molar-refractivity contribution is 0.0599. The summed E-state index contributed by atoms with van der Waals surface area (Å²) in [4.78, 5) is 18.4. The minimum absolute atomic E-state index is 0.379. The van der Waals surface area contributed by atoms with Gasteiger partial charge in [0.05, 0.1) is 13.7 Å². The minimum Gasteiger partial charge on any atom is -0.465 e. The van der Waals surface area contributed by atoms with Crippen LogP contribution < -0.4 is 5.32 Å². The molecule has 27 heavy (non-hydrogen) atoms. The third kappa shape index (κ3) is 4.70. The zero-order chi connectivity index (χ0) is 19.2. The molecule has 0 bridgehead atoms. The highest BCUT2D eigenvalue weighted by Crippen LogP contribution is 2.21. The normalized spacial score (nSPS) is 17.2. The van der Waals surface area contributed by atoms with E-state index in [1.165, 1.54) is 12.7 Å². The number of guanidine groups is 1. The molecule has 0 spiro atoms. The molecule has 0 amide bonds. The fourth-order valence-electron chi connectivity index (χ4n) is 3.58. The summed E-state index contributed by atoms with van der Waals surface area (Å²) in [6, 6.07) is 12.3. The molecule has 1 N–H and O–H groups in total. The molecule has 1 aliphatic heterocycles. The SMILES string of the molecule is CN=C(NCc1cc(C(=O)OC)c(C)o1)N1CCC(Cc2ccccc2)C1. The number of nitrogens with zero attached hydrogens (tertiary/aromatic N) is 2. The number of likely N-dealkylation sites (tertiary alicyclic amines) is 1. The molecule has 0 radical (unpaired) electrons. The molecule has 6 nitrogen and oxygen atoms in total. The summed E-state index contributed by atoms with van der Waals surface area (Å²) < 4.78 is 10.4. The van der Waals surface area contributed by atoms with Gasteiger partial charge in [-0.3, -0.25) is 4.99 Å². The number of hydrogen-bond donors (Lipinski definition) is 1. The highest BCUT2D eigenvalue weighted by molar-refractivity contribution is 5.90. The number of aliphatic imine (C=N–C) groups is 1. The van der Waals surface area contributed by atoms with Gasteiger partial charge in [0, 0.05) is 20.1 Å². The number of nitrogens with one attached hydrogen (secondary N) is 1. The van der Waals surface area contributed by atoms with Crippen molar-refractivity contribution in [2.24, 2.45) is 10.9 Å². The summed E-state index contributed by atoms with van der Waals surface area (Å²) in [5, 5.41) is 3.34. The van der Waals surface area contributed by atoms with Crippen molar-refractivity contribution in [3.63, 3.8) is 0 Å². The van der Waals surface area contributed by atoms with Crippen LogP contribution in [0.5, 0.6) is 0 Å². The van der Waals surface area contributed by atoms with Gasteiger partial charge in [0.1, 0.15) is 17.1 Å². The van der Waals surface area contributed by atoms with Crippen LogP contribution in [0.1, 0.15) is 33.9 Å². The van der Waals surface area contributed by atoms with E-state index in [0.29, 0.717) is 29.5 Å². The standard InChI is InChI=1S/C21H27N3O3/c1-15-19(20(25)26-3)12-18(27-15)13-23-21(22-2)24-10-9-17(14-24)11-16-7-5-4-6-8-16/h4-8,12,17H,9-11,13-14H2,1-3H3,(H,22,23). The van der Waals surface area contributed by atoms with Crippen molar-refractivity contribution in [3.05, 3.63) is 59.0 Å². The van der Waals surface area contributed by atoms with Crippen LogP contribution in [-0.4, -0.2) is 44.1 Å². The molecular weight excluding hydrogens is 342 g/mol. The maximum Gasteiger partial charge on any atom is 0.341 e. The maximum absolute atomic E-state index is 11.7. The van der Waals surface area contributed by atoms with Crippen molar-refractivity contribution >= 4 is 11.9 Å². The lowest BCUT2D eigenvalue weighted by atomic mass is 9.99. The molecule has 1 fully saturated rings. The van der Waals surface area contributed by atoms with Gasteiger partial charge in [-0.15, -0.1) is 0 Å². The van der Waals surface area contributed by atoms with E-state index in [1.807, 2.05) is 0 Å². The number of furan rings is 1. The van der Waals surface area contributed by atoms with Crippen LogP contribution in [0.15, 0.2) is 45.8 Å². The van der Waals surface area contributed by atoms with Gasteiger partial charge in [-0.25, -0.2) is 4.79 Å². The maximum atomic E-state index is 11.7. The second-order valence-corrected chi connectivity index (χ2v) is 6.87. The third-order valence-electron chi connectivity index (χ3n) is 4.96. The molecule has 1 saturated heterocycles. The van der Waals surface area contributed by atoms with Gasteiger partial charge >= 0.3 is 5.97 Å². The van der Waals surface area contributed by atoms with E-state index in [1.54, 1.807) is 20.0 Å². The number of carbonyl (C=O) groups is 1. The Hall–Kier alpha value is -2.76. The number of aryl methyl sites for hydroxylation is 1. The molecule has 1 aliphatic rings. The predicted octanol–water partition coefficient (Wildman–Crippen LogP) is 3.01. The largest absolute Gasteiger partial charge is 0.465 e. The Balaban J connectivity index is 1.55. The van der Waals surface area contributed by atoms with Crippen molar-refractivity contribution in [3.8, 4) is 0 Å². The lowest BCUT2D eigenvalue weighted by Crippen LogP contribution is -2.39. The monoisotopic (exact) mass is 369 g/mol. The van der Waals surface area contributed by atoms with Gasteiger partial charge < -0.3 is 19.4 Å². The Bertz CT molecular complexity index is 798. The number of rotatable bonds is 5. The summed E-state index contributed by atoms with van der Waals surface area (Å²) in [5.41, 5.74) is 1.85. The first-order valence-corrected chi connectivity index (χ1v) is 9.28. The molecule has 6 heteroatoms. The van der Waals surface area contributed by atoms with Gasteiger partial charge in [-0.05, 0) is 37.3 Å². The number of carbonyl (C=O) groups excluding carboxylic acids is 1. The summed E-state index contributed by atoms with van der Waals surface area (Å²) >= 11 is 0. The van der Waals surface area contributed by atoms with Gasteiger partial charge in [0.2, 0.25) is 0 Å². The van der Waals surface area contributed by atoms with E-state index in [4.69, 9.17) is 9.15 Å². The van der Waals surface area contributed by atoms with E-state index in [0.717, 1.165) is 31.9 Å². The molecule has 1 atom stereocenters. The van der Waals surface area contributed by atoms with E-state index in [2.05, 4.69) is 45.5 Å². The molecule has 0 saturated carbocycles. The Morgan fingerprint density at radius 2 is 2.15 bits per heavy atom. The average Bonchev–Trinajstić information content (AvgIpc) is 3.29. The van der Waals surface area contributed by atoms with Crippen LogP contribution >= 0.6 is 0 Å². The fraction of sp³-hybridized carbons (Fsp3) is 0.429. The van der Waals surface area contributed by atoms with Crippen molar-refractivity contribution in [1.29, 1.82) is 0 Å². The highest BCUT2D eigenvalue weighted by Gasteiger charge is 2.25. The number of esters is 1. The highest BCUT2D eigenvalue weighted by atomic mass is 16.5. The van der Waals surface area contributed by atoms with Crippen LogP contribution in [0.3, 0.4) is 0 Å².